The summed E-state index contributed by atoms with van der Waals surface area (Å²) in [5, 5.41) is 4.15. The predicted octanol–water partition coefficient (Wildman–Crippen LogP) is 3.42. The maximum absolute atomic E-state index is 5.79. The molecule has 0 aromatic heterocycles. The van der Waals surface area contributed by atoms with Crippen LogP contribution in [0, 0.1) is 0 Å². The molecular formula is C13H11ClN2O. The number of rotatable bonds is 3. The van der Waals surface area contributed by atoms with Gasteiger partial charge in [0.05, 0.1) is 6.21 Å². The molecule has 2 aromatic carbocycles. The number of nitrogens with two attached hydrogens (primary N) is 1. The van der Waals surface area contributed by atoms with E-state index in [4.69, 9.17) is 22.2 Å². The van der Waals surface area contributed by atoms with Gasteiger partial charge < -0.3 is 10.6 Å². The van der Waals surface area contributed by atoms with Crippen LogP contribution in [0.25, 0.3) is 0 Å². The molecule has 3 nitrogen and oxygen atoms in total. The summed E-state index contributed by atoms with van der Waals surface area (Å²) in [6.07, 6.45) is 1.56. The molecule has 4 heteroatoms. The molecule has 17 heavy (non-hydrogen) atoms. The molecule has 86 valence electrons. The van der Waals surface area contributed by atoms with Crippen LogP contribution in [0.5, 0.6) is 11.5 Å². The lowest BCUT2D eigenvalue weighted by molar-refractivity contribution is 0.482. The van der Waals surface area contributed by atoms with Crippen molar-refractivity contribution < 1.29 is 4.74 Å². The third-order valence-corrected chi connectivity index (χ3v) is 2.38. The van der Waals surface area contributed by atoms with Gasteiger partial charge in [-0.1, -0.05) is 23.7 Å². The van der Waals surface area contributed by atoms with Crippen LogP contribution in [-0.4, -0.2) is 6.21 Å². The van der Waals surface area contributed by atoms with Crippen molar-refractivity contribution >= 4 is 17.8 Å². The molecule has 0 fully saturated rings. The highest BCUT2D eigenvalue weighted by atomic mass is 35.5. The van der Waals surface area contributed by atoms with Crippen LogP contribution in [0.3, 0.4) is 0 Å². The minimum atomic E-state index is 0.682. The monoisotopic (exact) mass is 246 g/mol. The van der Waals surface area contributed by atoms with Gasteiger partial charge in [-0.25, -0.2) is 0 Å². The van der Waals surface area contributed by atoms with Crippen molar-refractivity contribution in [3.8, 4) is 11.5 Å². The molecule has 0 saturated carbocycles. The minimum absolute atomic E-state index is 0.682. The molecule has 0 atom stereocenters. The summed E-state index contributed by atoms with van der Waals surface area (Å²) in [5.41, 5.74) is 0.888. The molecule has 2 N–H and O–H groups in total. The van der Waals surface area contributed by atoms with Gasteiger partial charge in [0.15, 0.2) is 0 Å². The van der Waals surface area contributed by atoms with E-state index >= 15 is 0 Å². The highest BCUT2D eigenvalue weighted by Crippen LogP contribution is 2.23. The Kier molecular flexibility index (Phi) is 3.62. The summed E-state index contributed by atoms with van der Waals surface area (Å²) in [6.45, 7) is 0. The summed E-state index contributed by atoms with van der Waals surface area (Å²) in [7, 11) is 0. The summed E-state index contributed by atoms with van der Waals surface area (Å²) < 4.78 is 5.66. The van der Waals surface area contributed by atoms with Gasteiger partial charge in [-0.05, 0) is 42.0 Å². The van der Waals surface area contributed by atoms with E-state index in [0.29, 0.717) is 5.02 Å². The average molecular weight is 247 g/mol. The maximum Gasteiger partial charge on any atom is 0.128 e. The molecule has 0 unspecified atom stereocenters. The van der Waals surface area contributed by atoms with Crippen molar-refractivity contribution in [1.29, 1.82) is 0 Å². The zero-order valence-corrected chi connectivity index (χ0v) is 9.76. The molecule has 0 spiro atoms. The lowest BCUT2D eigenvalue weighted by Crippen LogP contribution is -1.88. The molecule has 0 radical (unpaired) electrons. The van der Waals surface area contributed by atoms with E-state index < -0.39 is 0 Å². The third-order valence-electron chi connectivity index (χ3n) is 2.13. The number of nitrogens with zero attached hydrogens (tertiary/aromatic N) is 1. The Bertz CT molecular complexity index is 523. The van der Waals surface area contributed by atoms with Gasteiger partial charge in [-0.3, -0.25) is 0 Å². The van der Waals surface area contributed by atoms with Gasteiger partial charge in [-0.15, -0.1) is 0 Å². The van der Waals surface area contributed by atoms with Crippen LogP contribution in [0.2, 0.25) is 5.02 Å². The quantitative estimate of drug-likeness (QED) is 0.512. The molecule has 0 amide bonds. The fourth-order valence-corrected chi connectivity index (χ4v) is 1.51. The second kappa shape index (κ2) is 5.37. The van der Waals surface area contributed by atoms with Crippen molar-refractivity contribution in [2.75, 3.05) is 0 Å². The fourth-order valence-electron chi connectivity index (χ4n) is 1.38. The minimum Gasteiger partial charge on any atom is -0.457 e. The normalized spacial score (nSPS) is 10.6. The average Bonchev–Trinajstić information content (AvgIpc) is 2.33. The second-order valence-electron chi connectivity index (χ2n) is 3.41. The number of ether oxygens (including phenoxy) is 1. The number of hydrogen-bond acceptors (Lipinski definition) is 3. The van der Waals surface area contributed by atoms with E-state index in [1.165, 1.54) is 0 Å². The molecule has 2 rings (SSSR count). The van der Waals surface area contributed by atoms with E-state index in [9.17, 15) is 0 Å². The van der Waals surface area contributed by atoms with Crippen LogP contribution in [-0.2, 0) is 0 Å². The first kappa shape index (κ1) is 11.5. The lowest BCUT2D eigenvalue weighted by atomic mass is 10.2. The number of hydrazone groups is 1. The summed E-state index contributed by atoms with van der Waals surface area (Å²) in [5.74, 6) is 6.55. The zero-order chi connectivity index (χ0) is 12.1. The van der Waals surface area contributed by atoms with E-state index in [1.54, 1.807) is 18.3 Å². The fraction of sp³-hybridized carbons (Fsp3) is 0. The first-order valence-corrected chi connectivity index (χ1v) is 5.42. The molecule has 0 heterocycles. The first-order chi connectivity index (χ1) is 8.28. The third kappa shape index (κ3) is 3.23. The summed E-state index contributed by atoms with van der Waals surface area (Å²) in [4.78, 5) is 0. The first-order valence-electron chi connectivity index (χ1n) is 5.05. The number of benzene rings is 2. The molecule has 0 aliphatic rings. The highest BCUT2D eigenvalue weighted by molar-refractivity contribution is 6.30. The van der Waals surface area contributed by atoms with E-state index in [1.807, 2.05) is 36.4 Å². The van der Waals surface area contributed by atoms with Crippen LogP contribution < -0.4 is 10.6 Å². The van der Waals surface area contributed by atoms with Gasteiger partial charge in [0.1, 0.15) is 11.5 Å². The molecule has 0 aliphatic heterocycles. The summed E-state index contributed by atoms with van der Waals surface area (Å²) >= 11 is 5.79. The summed E-state index contributed by atoms with van der Waals surface area (Å²) in [6, 6.07) is 14.7. The smallest absolute Gasteiger partial charge is 0.128 e. The molecule has 0 bridgehead atoms. The van der Waals surface area contributed by atoms with Crippen LogP contribution >= 0.6 is 11.6 Å². The van der Waals surface area contributed by atoms with Crippen LogP contribution in [0.1, 0.15) is 5.56 Å². The van der Waals surface area contributed by atoms with Crippen LogP contribution in [0.15, 0.2) is 53.6 Å². The van der Waals surface area contributed by atoms with Gasteiger partial charge in [0.2, 0.25) is 0 Å². The predicted molar refractivity (Wildman–Crippen MR) is 69.7 cm³/mol. The highest BCUT2D eigenvalue weighted by Gasteiger charge is 1.98. The van der Waals surface area contributed by atoms with Crippen molar-refractivity contribution in [1.82, 2.24) is 0 Å². The Hall–Kier alpha value is -2.00. The Morgan fingerprint density at radius 3 is 2.53 bits per heavy atom. The van der Waals surface area contributed by atoms with E-state index in [2.05, 4.69) is 5.10 Å². The Morgan fingerprint density at radius 2 is 1.82 bits per heavy atom. The second-order valence-corrected chi connectivity index (χ2v) is 3.84. The van der Waals surface area contributed by atoms with Crippen molar-refractivity contribution in [2.24, 2.45) is 10.9 Å². The van der Waals surface area contributed by atoms with E-state index in [0.717, 1.165) is 17.1 Å². The number of halogens is 1. The molecule has 0 saturated heterocycles. The Balaban J connectivity index is 2.18. The Morgan fingerprint density at radius 1 is 1.06 bits per heavy atom. The SMILES string of the molecule is N/N=C\c1cccc(Oc2ccc(Cl)cc2)c1. The maximum atomic E-state index is 5.79. The standard InChI is InChI=1S/C13H11ClN2O/c14-11-4-6-12(7-5-11)17-13-3-1-2-10(8-13)9-16-15/h1-9H,15H2/b16-9-. The van der Waals surface area contributed by atoms with Crippen molar-refractivity contribution in [3.63, 3.8) is 0 Å². The Labute approximate surface area is 104 Å². The topological polar surface area (TPSA) is 47.6 Å². The van der Waals surface area contributed by atoms with Gasteiger partial charge in [0.25, 0.3) is 0 Å². The van der Waals surface area contributed by atoms with Crippen molar-refractivity contribution in [2.45, 2.75) is 0 Å². The zero-order valence-electron chi connectivity index (χ0n) is 9.01. The van der Waals surface area contributed by atoms with Crippen LogP contribution in [0.4, 0.5) is 0 Å². The number of hydrogen-bond donors (Lipinski definition) is 1. The van der Waals surface area contributed by atoms with Gasteiger partial charge in [-0.2, -0.15) is 5.10 Å². The van der Waals surface area contributed by atoms with Gasteiger partial charge in [0, 0.05) is 5.02 Å². The lowest BCUT2D eigenvalue weighted by Gasteiger charge is -2.06. The largest absolute Gasteiger partial charge is 0.457 e. The van der Waals surface area contributed by atoms with Crippen molar-refractivity contribution in [3.05, 3.63) is 59.1 Å². The van der Waals surface area contributed by atoms with Gasteiger partial charge >= 0.3 is 0 Å². The molecular weight excluding hydrogens is 236 g/mol. The molecule has 0 aliphatic carbocycles. The molecule has 2 aromatic rings. The van der Waals surface area contributed by atoms with E-state index in [-0.39, 0.29) is 0 Å².